The molecular weight excluding hydrogens is 238 g/mol. The summed E-state index contributed by atoms with van der Waals surface area (Å²) in [6, 6.07) is 8.76. The molecule has 0 amide bonds. The zero-order chi connectivity index (χ0) is 13.7. The van der Waals surface area contributed by atoms with Gasteiger partial charge >= 0.3 is 0 Å². The fourth-order valence-corrected chi connectivity index (χ4v) is 1.85. The first-order valence-corrected chi connectivity index (χ1v) is 6.82. The monoisotopic (exact) mass is 259 g/mol. The van der Waals surface area contributed by atoms with E-state index in [-0.39, 0.29) is 0 Å². The first-order chi connectivity index (χ1) is 9.22. The summed E-state index contributed by atoms with van der Waals surface area (Å²) in [5.41, 5.74) is 2.32. The fraction of sp³-hybridized carbons (Fsp3) is 0.467. The predicted octanol–water partition coefficient (Wildman–Crippen LogP) is 2.84. The molecule has 0 saturated heterocycles. The van der Waals surface area contributed by atoms with Crippen molar-refractivity contribution < 1.29 is 4.52 Å². The van der Waals surface area contributed by atoms with E-state index in [2.05, 4.69) is 41.4 Å². The normalized spacial score (nSPS) is 12.6. The van der Waals surface area contributed by atoms with E-state index in [0.717, 1.165) is 24.8 Å². The van der Waals surface area contributed by atoms with Crippen molar-refractivity contribution in [2.75, 3.05) is 7.05 Å². The molecule has 0 aliphatic rings. The van der Waals surface area contributed by atoms with Crippen molar-refractivity contribution >= 4 is 0 Å². The molecule has 1 atom stereocenters. The lowest BCUT2D eigenvalue weighted by Crippen LogP contribution is -2.21. The van der Waals surface area contributed by atoms with Crippen LogP contribution >= 0.6 is 0 Å². The Kier molecular flexibility index (Phi) is 4.68. The first-order valence-electron chi connectivity index (χ1n) is 6.82. The second kappa shape index (κ2) is 6.48. The lowest BCUT2D eigenvalue weighted by atomic mass is 10.1. The van der Waals surface area contributed by atoms with Crippen LogP contribution in [0.1, 0.15) is 31.7 Å². The Bertz CT molecular complexity index is 504. The molecule has 1 N–H and O–H groups in total. The number of rotatable bonds is 6. The predicted molar refractivity (Wildman–Crippen MR) is 76.0 cm³/mol. The van der Waals surface area contributed by atoms with Crippen LogP contribution in [-0.4, -0.2) is 23.2 Å². The molecule has 0 saturated carbocycles. The molecule has 4 heteroatoms. The van der Waals surface area contributed by atoms with Crippen molar-refractivity contribution in [1.82, 2.24) is 15.5 Å². The van der Waals surface area contributed by atoms with Gasteiger partial charge in [-0.3, -0.25) is 0 Å². The van der Waals surface area contributed by atoms with Crippen molar-refractivity contribution in [2.24, 2.45) is 0 Å². The van der Waals surface area contributed by atoms with Crippen LogP contribution in [0.5, 0.6) is 0 Å². The highest BCUT2D eigenvalue weighted by molar-refractivity contribution is 5.54. The van der Waals surface area contributed by atoms with E-state index in [4.69, 9.17) is 4.52 Å². The maximum absolute atomic E-state index is 5.28. The average Bonchev–Trinajstić information content (AvgIpc) is 2.93. The van der Waals surface area contributed by atoms with E-state index < -0.39 is 0 Å². The summed E-state index contributed by atoms with van der Waals surface area (Å²) in [5, 5.41) is 7.24. The van der Waals surface area contributed by atoms with Gasteiger partial charge in [0.15, 0.2) is 0 Å². The van der Waals surface area contributed by atoms with Crippen LogP contribution in [-0.2, 0) is 12.8 Å². The maximum Gasteiger partial charge on any atom is 0.227 e. The van der Waals surface area contributed by atoms with Gasteiger partial charge in [0.25, 0.3) is 0 Å². The highest BCUT2D eigenvalue weighted by atomic mass is 16.5. The summed E-state index contributed by atoms with van der Waals surface area (Å²) >= 11 is 0. The van der Waals surface area contributed by atoms with Gasteiger partial charge < -0.3 is 9.84 Å². The van der Waals surface area contributed by atoms with E-state index in [9.17, 15) is 0 Å². The molecule has 0 bridgehead atoms. The van der Waals surface area contributed by atoms with Crippen LogP contribution in [0.25, 0.3) is 11.4 Å². The van der Waals surface area contributed by atoms with E-state index >= 15 is 0 Å². The van der Waals surface area contributed by atoms with Gasteiger partial charge in [-0.15, -0.1) is 0 Å². The Morgan fingerprint density at radius 3 is 2.63 bits per heavy atom. The molecule has 1 heterocycles. The average molecular weight is 259 g/mol. The van der Waals surface area contributed by atoms with Gasteiger partial charge in [-0.05, 0) is 32.4 Å². The number of benzene rings is 1. The van der Waals surface area contributed by atoms with Gasteiger partial charge in [0.2, 0.25) is 11.7 Å². The summed E-state index contributed by atoms with van der Waals surface area (Å²) in [4.78, 5) is 4.44. The molecular formula is C15H21N3O. The third-order valence-corrected chi connectivity index (χ3v) is 3.37. The Morgan fingerprint density at radius 1 is 1.26 bits per heavy atom. The molecule has 1 aromatic heterocycles. The summed E-state index contributed by atoms with van der Waals surface area (Å²) in [6.07, 6.45) is 2.84. The second-order valence-corrected chi connectivity index (χ2v) is 4.79. The lowest BCUT2D eigenvalue weighted by molar-refractivity contribution is 0.369. The second-order valence-electron chi connectivity index (χ2n) is 4.79. The standard InChI is InChI=1S/C15H21N3O/c1-4-12-6-8-13(9-7-12)15-17-14(19-18-15)10-5-11(2)16-3/h6-9,11,16H,4-5,10H2,1-3H3. The van der Waals surface area contributed by atoms with Gasteiger partial charge in [-0.1, -0.05) is 36.3 Å². The molecule has 19 heavy (non-hydrogen) atoms. The van der Waals surface area contributed by atoms with E-state index in [1.165, 1.54) is 5.56 Å². The van der Waals surface area contributed by atoms with Crippen molar-refractivity contribution in [3.63, 3.8) is 0 Å². The quantitative estimate of drug-likeness (QED) is 0.866. The molecule has 0 fully saturated rings. The minimum Gasteiger partial charge on any atom is -0.339 e. The van der Waals surface area contributed by atoms with Gasteiger partial charge in [0.05, 0.1) is 0 Å². The zero-order valence-electron chi connectivity index (χ0n) is 11.8. The lowest BCUT2D eigenvalue weighted by Gasteiger charge is -2.06. The molecule has 102 valence electrons. The van der Waals surface area contributed by atoms with Crippen LogP contribution in [0.2, 0.25) is 0 Å². The minimum atomic E-state index is 0.458. The number of hydrogen-bond acceptors (Lipinski definition) is 4. The van der Waals surface area contributed by atoms with Gasteiger partial charge in [-0.2, -0.15) is 4.98 Å². The summed E-state index contributed by atoms with van der Waals surface area (Å²) in [7, 11) is 1.96. The highest BCUT2D eigenvalue weighted by Gasteiger charge is 2.09. The van der Waals surface area contributed by atoms with Crippen molar-refractivity contribution in [2.45, 2.75) is 39.2 Å². The molecule has 4 nitrogen and oxygen atoms in total. The van der Waals surface area contributed by atoms with E-state index in [0.29, 0.717) is 17.8 Å². The van der Waals surface area contributed by atoms with Crippen LogP contribution in [0.3, 0.4) is 0 Å². The van der Waals surface area contributed by atoms with Crippen LogP contribution < -0.4 is 5.32 Å². The largest absolute Gasteiger partial charge is 0.339 e. The van der Waals surface area contributed by atoms with Crippen LogP contribution in [0, 0.1) is 0 Å². The molecule has 0 aliphatic heterocycles. The Hall–Kier alpha value is -1.68. The number of aromatic nitrogens is 2. The molecule has 2 rings (SSSR count). The van der Waals surface area contributed by atoms with Gasteiger partial charge in [0.1, 0.15) is 0 Å². The number of nitrogens with one attached hydrogen (secondary N) is 1. The van der Waals surface area contributed by atoms with Gasteiger partial charge in [-0.25, -0.2) is 0 Å². The van der Waals surface area contributed by atoms with Crippen molar-refractivity contribution in [3.8, 4) is 11.4 Å². The molecule has 0 aliphatic carbocycles. The number of aryl methyl sites for hydroxylation is 2. The smallest absolute Gasteiger partial charge is 0.227 e. The summed E-state index contributed by atoms with van der Waals surface area (Å²) in [5.74, 6) is 1.38. The molecule has 1 aromatic carbocycles. The topological polar surface area (TPSA) is 51.0 Å². The zero-order valence-corrected chi connectivity index (χ0v) is 11.8. The SMILES string of the molecule is CCc1ccc(-c2noc(CCC(C)NC)n2)cc1. The molecule has 2 aromatic rings. The minimum absolute atomic E-state index is 0.458. The molecule has 0 spiro atoms. The van der Waals surface area contributed by atoms with Crippen molar-refractivity contribution in [1.29, 1.82) is 0 Å². The first kappa shape index (κ1) is 13.7. The van der Waals surface area contributed by atoms with Crippen molar-refractivity contribution in [3.05, 3.63) is 35.7 Å². The summed E-state index contributed by atoms with van der Waals surface area (Å²) < 4.78 is 5.28. The van der Waals surface area contributed by atoms with Gasteiger partial charge in [0, 0.05) is 18.0 Å². The molecule has 0 radical (unpaired) electrons. The molecule has 1 unspecified atom stereocenters. The maximum atomic E-state index is 5.28. The highest BCUT2D eigenvalue weighted by Crippen LogP contribution is 2.17. The Labute approximate surface area is 114 Å². The van der Waals surface area contributed by atoms with E-state index in [1.54, 1.807) is 0 Å². The number of hydrogen-bond donors (Lipinski definition) is 1. The third kappa shape index (κ3) is 3.64. The van der Waals surface area contributed by atoms with Crippen LogP contribution in [0.4, 0.5) is 0 Å². The number of nitrogens with zero attached hydrogens (tertiary/aromatic N) is 2. The Morgan fingerprint density at radius 2 is 2.00 bits per heavy atom. The Balaban J connectivity index is 2.03. The van der Waals surface area contributed by atoms with E-state index in [1.807, 2.05) is 19.2 Å². The fourth-order valence-electron chi connectivity index (χ4n) is 1.85. The third-order valence-electron chi connectivity index (χ3n) is 3.37. The summed E-state index contributed by atoms with van der Waals surface area (Å²) in [6.45, 7) is 4.28. The van der Waals surface area contributed by atoms with Crippen LogP contribution in [0.15, 0.2) is 28.8 Å².